The number of phenols is 1. The number of esters is 1. The maximum atomic E-state index is 12.5. The van der Waals surface area contributed by atoms with Gasteiger partial charge < -0.3 is 68.9 Å². The van der Waals surface area contributed by atoms with Crippen LogP contribution in [0.5, 0.6) is 34.5 Å². The average molecular weight is 782 g/mol. The van der Waals surface area contributed by atoms with Gasteiger partial charge in [0.1, 0.15) is 54.2 Å². The number of aromatic hydroxyl groups is 1. The minimum atomic E-state index is -1.50. The molecule has 17 nitrogen and oxygen atoms in total. The molecule has 3 aromatic carbocycles. The van der Waals surface area contributed by atoms with Crippen molar-refractivity contribution in [3.8, 4) is 34.5 Å². The van der Waals surface area contributed by atoms with Gasteiger partial charge in [0.15, 0.2) is 29.6 Å². The summed E-state index contributed by atoms with van der Waals surface area (Å²) in [6.07, 6.45) is -8.34. The van der Waals surface area contributed by atoms with Crippen molar-refractivity contribution in [2.75, 3.05) is 33.2 Å². The molecule has 56 heavy (non-hydrogen) atoms. The second-order valence-corrected chi connectivity index (χ2v) is 14.2. The largest absolute Gasteiger partial charge is 0.508 e. The molecule has 0 bridgehead atoms. The smallest absolute Gasteiger partial charge is 0.317 e. The Labute approximate surface area is 320 Å². The summed E-state index contributed by atoms with van der Waals surface area (Å²) >= 11 is 0. The summed E-state index contributed by atoms with van der Waals surface area (Å²) in [6.45, 7) is 0.341. The number of aliphatic hydroxyl groups excluding tert-OH is 2. The van der Waals surface area contributed by atoms with Gasteiger partial charge in [0.25, 0.3) is 0 Å². The van der Waals surface area contributed by atoms with E-state index in [0.29, 0.717) is 47.2 Å². The first-order chi connectivity index (χ1) is 27.2. The third-order valence-corrected chi connectivity index (χ3v) is 10.5. The quantitative estimate of drug-likeness (QED) is 0.0725. The second kappa shape index (κ2) is 16.3. The summed E-state index contributed by atoms with van der Waals surface area (Å²) < 4.78 is 48.0. The van der Waals surface area contributed by atoms with Crippen LogP contribution in [0.3, 0.4) is 0 Å². The Kier molecular flexibility index (Phi) is 11.1. The number of aliphatic hydroxyl groups is 2. The van der Waals surface area contributed by atoms with Gasteiger partial charge in [-0.05, 0) is 55.2 Å². The third-order valence-electron chi connectivity index (χ3n) is 10.5. The zero-order valence-corrected chi connectivity index (χ0v) is 30.2. The van der Waals surface area contributed by atoms with E-state index < -0.39 is 67.4 Å². The molecule has 9 atom stereocenters. The molecule has 3 aromatic rings. The van der Waals surface area contributed by atoms with Crippen LogP contribution >= 0.6 is 0 Å². The van der Waals surface area contributed by atoms with Crippen LogP contribution in [-0.4, -0.2) is 108 Å². The van der Waals surface area contributed by atoms with Gasteiger partial charge >= 0.3 is 11.9 Å². The van der Waals surface area contributed by atoms with Crippen LogP contribution in [0.25, 0.3) is 0 Å². The summed E-state index contributed by atoms with van der Waals surface area (Å²) in [5.41, 5.74) is 8.74. The number of ether oxygens (including phenoxy) is 8. The van der Waals surface area contributed by atoms with Gasteiger partial charge in [0, 0.05) is 42.3 Å². The number of carboxylic acid groups (broad SMARTS) is 1. The lowest BCUT2D eigenvalue weighted by Crippen LogP contribution is -2.63. The van der Waals surface area contributed by atoms with Crippen LogP contribution in [0.1, 0.15) is 60.0 Å². The summed E-state index contributed by atoms with van der Waals surface area (Å²) in [5.74, 6) is 0.250. The molecule has 0 amide bonds. The Balaban J connectivity index is 1.10. The number of aliphatic carboxylic acids is 1. The standard InChI is InChI=1S/C39H43NO16/c40-7-9-47-39-38(34(46)37-36(54-39)26(52-33(45)16-32(43)44)5-4-22(51-37)6-8-41)56-55-27-14-24-28(12-20(27)10-19-2-1-3-21(42)11-19)48-17-25-23-13-30-31(50-18-49-30)15-29(23)53-35(24)25/h1-3,11-15,22,25-26,34-39,41-42,46H,4-10,16-18,40H2,(H,43,44)/t22-,25-,26+,34+,35+,36-,37-,38+,39-/m1/s1. The first-order valence-corrected chi connectivity index (χ1v) is 18.5. The predicted molar refractivity (Wildman–Crippen MR) is 188 cm³/mol. The lowest BCUT2D eigenvalue weighted by atomic mass is 9.88. The molecule has 300 valence electrons. The van der Waals surface area contributed by atoms with Gasteiger partial charge in [-0.3, -0.25) is 9.59 Å². The number of benzene rings is 3. The molecule has 5 aliphatic heterocycles. The fourth-order valence-corrected chi connectivity index (χ4v) is 7.88. The van der Waals surface area contributed by atoms with E-state index in [-0.39, 0.29) is 63.2 Å². The minimum absolute atomic E-state index is 0.00843. The first kappa shape index (κ1) is 38.0. The maximum absolute atomic E-state index is 12.5. The topological polar surface area (TPSA) is 233 Å². The molecular formula is C39H43NO16. The highest BCUT2D eigenvalue weighted by atomic mass is 17.2. The number of carboxylic acids is 1. The van der Waals surface area contributed by atoms with Crippen molar-refractivity contribution < 1.29 is 77.7 Å². The lowest BCUT2D eigenvalue weighted by molar-refractivity contribution is -0.379. The van der Waals surface area contributed by atoms with Crippen molar-refractivity contribution in [3.05, 3.63) is 70.8 Å². The van der Waals surface area contributed by atoms with E-state index in [1.807, 2.05) is 24.3 Å². The van der Waals surface area contributed by atoms with Crippen LogP contribution in [0, 0.1) is 0 Å². The zero-order valence-electron chi connectivity index (χ0n) is 30.2. The number of phenolic OH excluding ortho intramolecular Hbond substituents is 1. The van der Waals surface area contributed by atoms with E-state index in [0.717, 1.165) is 11.1 Å². The normalized spacial score (nSPS) is 28.4. The second-order valence-electron chi connectivity index (χ2n) is 14.2. The van der Waals surface area contributed by atoms with E-state index in [1.165, 1.54) is 0 Å². The van der Waals surface area contributed by atoms with Crippen LogP contribution in [0.15, 0.2) is 48.5 Å². The Morgan fingerprint density at radius 1 is 0.929 bits per heavy atom. The van der Waals surface area contributed by atoms with Crippen molar-refractivity contribution in [3.63, 3.8) is 0 Å². The highest BCUT2D eigenvalue weighted by molar-refractivity contribution is 5.90. The highest BCUT2D eigenvalue weighted by Crippen LogP contribution is 2.55. The van der Waals surface area contributed by atoms with Gasteiger partial charge in [-0.1, -0.05) is 12.1 Å². The summed E-state index contributed by atoms with van der Waals surface area (Å²) in [4.78, 5) is 35.9. The third kappa shape index (κ3) is 7.75. The number of hydrogen-bond donors (Lipinski definition) is 5. The van der Waals surface area contributed by atoms with E-state index in [1.54, 1.807) is 24.3 Å². The summed E-state index contributed by atoms with van der Waals surface area (Å²) in [5, 5.41) is 41.0. The number of hydrogen-bond acceptors (Lipinski definition) is 16. The number of rotatable bonds is 13. The van der Waals surface area contributed by atoms with E-state index in [9.17, 15) is 24.9 Å². The van der Waals surface area contributed by atoms with E-state index >= 15 is 0 Å². The molecule has 2 fully saturated rings. The molecule has 0 aliphatic carbocycles. The van der Waals surface area contributed by atoms with E-state index in [4.69, 9.17) is 58.5 Å². The summed E-state index contributed by atoms with van der Waals surface area (Å²) in [6, 6.07) is 14.1. The lowest BCUT2D eigenvalue weighted by Gasteiger charge is -2.44. The predicted octanol–water partition coefficient (Wildman–Crippen LogP) is 2.38. The minimum Gasteiger partial charge on any atom is -0.508 e. The monoisotopic (exact) mass is 781 g/mol. The number of carbonyl (C=O) groups excluding carboxylic acids is 1. The molecular weight excluding hydrogens is 738 g/mol. The van der Waals surface area contributed by atoms with Crippen LogP contribution in [0.4, 0.5) is 0 Å². The van der Waals surface area contributed by atoms with Gasteiger partial charge in [-0.2, -0.15) is 4.89 Å². The van der Waals surface area contributed by atoms with Crippen molar-refractivity contribution in [2.24, 2.45) is 5.73 Å². The average Bonchev–Trinajstić information content (AvgIpc) is 3.74. The van der Waals surface area contributed by atoms with Crippen LogP contribution in [-0.2, 0) is 39.8 Å². The number of carbonyl (C=O) groups is 2. The first-order valence-electron chi connectivity index (χ1n) is 18.5. The molecule has 6 N–H and O–H groups in total. The molecule has 5 aliphatic rings. The maximum Gasteiger partial charge on any atom is 0.317 e. The van der Waals surface area contributed by atoms with Gasteiger partial charge in [-0.25, -0.2) is 0 Å². The molecule has 0 unspecified atom stereocenters. The SMILES string of the molecule is NCCO[C@@H]1O[C@H]2[C@H](O[C@@H](CCO)CC[C@@H]2OC(=O)CC(=O)O)[C@H](O)[C@@H]1OOc1cc2c(cc1Cc1cccc(O)c1)OC[C@@H]1c3cc4c(cc3O[C@@H]21)OCO4. The molecule has 2 saturated heterocycles. The molecule has 5 heterocycles. The van der Waals surface area contributed by atoms with E-state index in [2.05, 4.69) is 0 Å². The van der Waals surface area contributed by atoms with Crippen molar-refractivity contribution >= 4 is 11.9 Å². The number of fused-ring (bicyclic) bond motifs is 7. The van der Waals surface area contributed by atoms with Gasteiger partial charge in [0.05, 0.1) is 25.2 Å². The highest BCUT2D eigenvalue weighted by Gasteiger charge is 2.54. The molecule has 0 radical (unpaired) electrons. The van der Waals surface area contributed by atoms with Crippen LogP contribution in [0.2, 0.25) is 0 Å². The number of nitrogens with two attached hydrogens (primary N) is 1. The Hall–Kier alpha value is -4.88. The molecule has 8 rings (SSSR count). The molecule has 0 aromatic heterocycles. The zero-order chi connectivity index (χ0) is 38.9. The van der Waals surface area contributed by atoms with Gasteiger partial charge in [-0.15, -0.1) is 0 Å². The Morgan fingerprint density at radius 3 is 2.55 bits per heavy atom. The fraction of sp³-hybridized carbons (Fsp3) is 0.487. The Morgan fingerprint density at radius 2 is 1.77 bits per heavy atom. The van der Waals surface area contributed by atoms with Gasteiger partial charge in [0.2, 0.25) is 6.79 Å². The summed E-state index contributed by atoms with van der Waals surface area (Å²) in [7, 11) is 0. The molecule has 0 saturated carbocycles. The van der Waals surface area contributed by atoms with Crippen molar-refractivity contribution in [1.29, 1.82) is 0 Å². The Bertz CT molecular complexity index is 1920. The van der Waals surface area contributed by atoms with Crippen molar-refractivity contribution in [1.82, 2.24) is 0 Å². The van der Waals surface area contributed by atoms with Crippen molar-refractivity contribution in [2.45, 2.75) is 87.0 Å². The molecule has 0 spiro atoms. The van der Waals surface area contributed by atoms with Crippen LogP contribution < -0.4 is 29.6 Å². The fourth-order valence-electron chi connectivity index (χ4n) is 7.88. The molecule has 17 heteroatoms.